The zero-order chi connectivity index (χ0) is 12.0. The van der Waals surface area contributed by atoms with Crippen LogP contribution < -0.4 is 0 Å². The third kappa shape index (κ3) is 1.77. The average Bonchev–Trinajstić information content (AvgIpc) is 2.80. The maximum atomic E-state index is 6.41. The van der Waals surface area contributed by atoms with Crippen molar-refractivity contribution >= 4 is 11.6 Å². The van der Waals surface area contributed by atoms with E-state index in [9.17, 15) is 0 Å². The average molecular weight is 247 g/mol. The Morgan fingerprint density at radius 3 is 2.47 bits per heavy atom. The van der Waals surface area contributed by atoms with E-state index in [-0.39, 0.29) is 0 Å². The van der Waals surface area contributed by atoms with E-state index in [2.05, 4.69) is 37.1 Å². The van der Waals surface area contributed by atoms with Crippen LogP contribution in [0.5, 0.6) is 0 Å². The van der Waals surface area contributed by atoms with Gasteiger partial charge in [0.25, 0.3) is 0 Å². The van der Waals surface area contributed by atoms with Crippen molar-refractivity contribution in [1.82, 2.24) is 9.78 Å². The van der Waals surface area contributed by atoms with E-state index >= 15 is 0 Å². The molecule has 0 aliphatic heterocycles. The fraction of sp³-hybridized carbons (Fsp3) is 0.357. The van der Waals surface area contributed by atoms with Crippen LogP contribution in [0.1, 0.15) is 28.8 Å². The van der Waals surface area contributed by atoms with Gasteiger partial charge in [0.15, 0.2) is 0 Å². The van der Waals surface area contributed by atoms with Gasteiger partial charge in [0.2, 0.25) is 0 Å². The van der Waals surface area contributed by atoms with Crippen LogP contribution in [-0.2, 0) is 12.8 Å². The highest BCUT2D eigenvalue weighted by molar-refractivity contribution is 6.30. The minimum Gasteiger partial charge on any atom is -0.222 e. The summed E-state index contributed by atoms with van der Waals surface area (Å²) >= 11 is 6.41. The van der Waals surface area contributed by atoms with Crippen molar-refractivity contribution in [1.29, 1.82) is 0 Å². The SMILES string of the molecule is Cc1cc(C)cc(-n2nc3c(c2Cl)CCC3)c1. The molecule has 3 heteroatoms. The summed E-state index contributed by atoms with van der Waals surface area (Å²) < 4.78 is 1.88. The number of halogens is 1. The van der Waals surface area contributed by atoms with E-state index in [1.807, 2.05) is 4.68 Å². The molecule has 17 heavy (non-hydrogen) atoms. The molecular weight excluding hydrogens is 232 g/mol. The topological polar surface area (TPSA) is 17.8 Å². The summed E-state index contributed by atoms with van der Waals surface area (Å²) in [6.07, 6.45) is 3.32. The number of aromatic nitrogens is 2. The summed E-state index contributed by atoms with van der Waals surface area (Å²) in [5.74, 6) is 0. The molecule has 0 radical (unpaired) electrons. The van der Waals surface area contributed by atoms with Crippen molar-refractivity contribution in [3.8, 4) is 5.69 Å². The van der Waals surface area contributed by atoms with Crippen LogP contribution in [0.25, 0.3) is 5.69 Å². The summed E-state index contributed by atoms with van der Waals surface area (Å²) in [5, 5.41) is 5.42. The zero-order valence-electron chi connectivity index (χ0n) is 10.1. The van der Waals surface area contributed by atoms with E-state index in [0.29, 0.717) is 0 Å². The normalized spacial score (nSPS) is 14.1. The molecule has 3 rings (SSSR count). The van der Waals surface area contributed by atoms with Crippen LogP contribution >= 0.6 is 11.6 Å². The molecule has 0 unspecified atom stereocenters. The Balaban J connectivity index is 2.15. The molecule has 0 N–H and O–H groups in total. The molecule has 0 spiro atoms. The van der Waals surface area contributed by atoms with Crippen molar-refractivity contribution in [3.05, 3.63) is 45.7 Å². The smallest absolute Gasteiger partial charge is 0.136 e. The molecule has 2 nitrogen and oxygen atoms in total. The van der Waals surface area contributed by atoms with Crippen molar-refractivity contribution in [2.24, 2.45) is 0 Å². The molecule has 0 saturated heterocycles. The summed E-state index contributed by atoms with van der Waals surface area (Å²) in [5.41, 5.74) is 5.97. The summed E-state index contributed by atoms with van der Waals surface area (Å²) in [4.78, 5) is 0. The van der Waals surface area contributed by atoms with Gasteiger partial charge in [0.05, 0.1) is 11.4 Å². The van der Waals surface area contributed by atoms with Gasteiger partial charge < -0.3 is 0 Å². The van der Waals surface area contributed by atoms with Crippen LogP contribution in [0, 0.1) is 13.8 Å². The van der Waals surface area contributed by atoms with Crippen molar-refractivity contribution in [2.45, 2.75) is 33.1 Å². The molecule has 1 aromatic heterocycles. The zero-order valence-corrected chi connectivity index (χ0v) is 10.9. The first-order chi connectivity index (χ1) is 8.15. The maximum Gasteiger partial charge on any atom is 0.136 e. The predicted octanol–water partition coefficient (Wildman–Crippen LogP) is 3.63. The number of rotatable bonds is 1. The first kappa shape index (κ1) is 10.8. The molecule has 0 bridgehead atoms. The standard InChI is InChI=1S/C14H15ClN2/c1-9-6-10(2)8-11(7-9)17-14(15)12-4-3-5-13(12)16-17/h6-8H,3-5H2,1-2H3. The lowest BCUT2D eigenvalue weighted by atomic mass is 10.1. The third-order valence-corrected chi connectivity index (χ3v) is 3.68. The molecule has 0 saturated carbocycles. The van der Waals surface area contributed by atoms with Crippen LogP contribution in [0.4, 0.5) is 0 Å². The Kier molecular flexibility index (Phi) is 2.48. The van der Waals surface area contributed by atoms with Gasteiger partial charge in [-0.1, -0.05) is 17.7 Å². The van der Waals surface area contributed by atoms with Gasteiger partial charge in [-0.3, -0.25) is 0 Å². The van der Waals surface area contributed by atoms with E-state index in [4.69, 9.17) is 11.6 Å². The molecule has 0 fully saturated rings. The minimum absolute atomic E-state index is 0.794. The van der Waals surface area contributed by atoms with Gasteiger partial charge >= 0.3 is 0 Å². The summed E-state index contributed by atoms with van der Waals surface area (Å²) in [6, 6.07) is 6.41. The quantitative estimate of drug-likeness (QED) is 0.751. The van der Waals surface area contributed by atoms with Gasteiger partial charge in [-0.15, -0.1) is 0 Å². The fourth-order valence-electron chi connectivity index (χ4n) is 2.60. The number of aryl methyl sites for hydroxylation is 3. The second kappa shape index (κ2) is 3.88. The highest BCUT2D eigenvalue weighted by Crippen LogP contribution is 2.30. The van der Waals surface area contributed by atoms with Crippen molar-refractivity contribution in [3.63, 3.8) is 0 Å². The molecule has 0 atom stereocenters. The van der Waals surface area contributed by atoms with E-state index in [1.165, 1.54) is 28.8 Å². The largest absolute Gasteiger partial charge is 0.222 e. The monoisotopic (exact) mass is 246 g/mol. The first-order valence-corrected chi connectivity index (χ1v) is 6.38. The fourth-order valence-corrected chi connectivity index (χ4v) is 2.94. The van der Waals surface area contributed by atoms with Gasteiger partial charge in [0.1, 0.15) is 5.15 Å². The van der Waals surface area contributed by atoms with E-state index < -0.39 is 0 Å². The third-order valence-electron chi connectivity index (χ3n) is 3.30. The van der Waals surface area contributed by atoms with Crippen LogP contribution in [0.15, 0.2) is 18.2 Å². The van der Waals surface area contributed by atoms with Crippen LogP contribution in [0.2, 0.25) is 5.15 Å². The summed E-state index contributed by atoms with van der Waals surface area (Å²) in [6.45, 7) is 4.20. The molecule has 1 heterocycles. The lowest BCUT2D eigenvalue weighted by Gasteiger charge is -2.07. The second-order valence-electron chi connectivity index (χ2n) is 4.83. The Labute approximate surface area is 106 Å². The minimum atomic E-state index is 0.794. The van der Waals surface area contributed by atoms with Crippen LogP contribution in [-0.4, -0.2) is 9.78 Å². The number of hydrogen-bond donors (Lipinski definition) is 0. The molecule has 2 aromatic rings. The highest BCUT2D eigenvalue weighted by Gasteiger charge is 2.21. The molecule has 1 aromatic carbocycles. The van der Waals surface area contributed by atoms with E-state index in [1.54, 1.807) is 0 Å². The molecule has 0 amide bonds. The van der Waals surface area contributed by atoms with Crippen molar-refractivity contribution < 1.29 is 0 Å². The molecular formula is C14H15ClN2. The Morgan fingerprint density at radius 1 is 1.12 bits per heavy atom. The highest BCUT2D eigenvalue weighted by atomic mass is 35.5. The van der Waals surface area contributed by atoms with Gasteiger partial charge in [-0.2, -0.15) is 5.10 Å². The first-order valence-electron chi connectivity index (χ1n) is 6.00. The Morgan fingerprint density at radius 2 is 1.82 bits per heavy atom. The Hall–Kier alpha value is -1.28. The van der Waals surface area contributed by atoms with Gasteiger partial charge in [-0.25, -0.2) is 4.68 Å². The predicted molar refractivity (Wildman–Crippen MR) is 70.1 cm³/mol. The number of fused-ring (bicyclic) bond motifs is 1. The second-order valence-corrected chi connectivity index (χ2v) is 5.19. The maximum absolute atomic E-state index is 6.41. The number of benzene rings is 1. The molecule has 1 aliphatic carbocycles. The van der Waals surface area contributed by atoms with Gasteiger partial charge in [0, 0.05) is 5.56 Å². The molecule has 1 aliphatic rings. The molecule has 88 valence electrons. The number of hydrogen-bond acceptors (Lipinski definition) is 1. The van der Waals surface area contributed by atoms with Gasteiger partial charge in [-0.05, 0) is 56.4 Å². The Bertz CT molecular complexity index is 564. The lowest BCUT2D eigenvalue weighted by Crippen LogP contribution is -1.99. The van der Waals surface area contributed by atoms with Crippen LogP contribution in [0.3, 0.4) is 0 Å². The van der Waals surface area contributed by atoms with Crippen molar-refractivity contribution in [2.75, 3.05) is 0 Å². The van der Waals surface area contributed by atoms with E-state index in [0.717, 1.165) is 23.7 Å². The summed E-state index contributed by atoms with van der Waals surface area (Å²) in [7, 11) is 0. The number of nitrogens with zero attached hydrogens (tertiary/aromatic N) is 2. The lowest BCUT2D eigenvalue weighted by molar-refractivity contribution is 0.800.